The average molecular weight is 265 g/mol. The smallest absolute Gasteiger partial charge is 0.0624 e. The molecule has 4 heteroatoms. The average Bonchev–Trinajstić information content (AvgIpc) is 2.96. The number of rotatable bonds is 6. The fraction of sp³-hybridized carbons (Fsp3) is 0.800. The quantitative estimate of drug-likeness (QED) is 0.854. The monoisotopic (exact) mass is 265 g/mol. The minimum atomic E-state index is 0.239. The van der Waals surface area contributed by atoms with Gasteiger partial charge in [0.2, 0.25) is 0 Å². The molecule has 1 atom stereocenters. The highest BCUT2D eigenvalue weighted by molar-refractivity contribution is 5.13. The van der Waals surface area contributed by atoms with Crippen molar-refractivity contribution in [3.8, 4) is 0 Å². The molecule has 0 bridgehead atoms. The van der Waals surface area contributed by atoms with Gasteiger partial charge in [-0.1, -0.05) is 20.8 Å². The van der Waals surface area contributed by atoms with Gasteiger partial charge >= 0.3 is 0 Å². The highest BCUT2D eigenvalue weighted by atomic mass is 16.5. The number of aromatic nitrogens is 2. The Morgan fingerprint density at radius 3 is 2.84 bits per heavy atom. The molecule has 0 aliphatic carbocycles. The third-order valence-corrected chi connectivity index (χ3v) is 4.02. The maximum absolute atomic E-state index is 5.67. The van der Waals surface area contributed by atoms with Gasteiger partial charge in [0.15, 0.2) is 0 Å². The zero-order valence-electron chi connectivity index (χ0n) is 12.7. The Labute approximate surface area is 116 Å². The van der Waals surface area contributed by atoms with Crippen molar-refractivity contribution >= 4 is 0 Å². The SMILES string of the molecule is CCc1cc(CC2(CNC(C)C)CCOC2)n(C)n1. The van der Waals surface area contributed by atoms with Crippen molar-refractivity contribution in [2.24, 2.45) is 12.5 Å². The molecule has 0 spiro atoms. The number of hydrogen-bond donors (Lipinski definition) is 1. The second-order valence-corrected chi connectivity index (χ2v) is 6.12. The molecule has 1 aromatic rings. The van der Waals surface area contributed by atoms with Crippen molar-refractivity contribution in [2.45, 2.75) is 46.1 Å². The van der Waals surface area contributed by atoms with Crippen LogP contribution in [0.1, 0.15) is 38.6 Å². The van der Waals surface area contributed by atoms with Gasteiger partial charge in [-0.25, -0.2) is 0 Å². The summed E-state index contributed by atoms with van der Waals surface area (Å²) in [7, 11) is 2.05. The predicted octanol–water partition coefficient (Wildman–Crippen LogP) is 1.93. The van der Waals surface area contributed by atoms with E-state index in [1.54, 1.807) is 0 Å². The van der Waals surface area contributed by atoms with Gasteiger partial charge in [-0.15, -0.1) is 0 Å². The summed E-state index contributed by atoms with van der Waals surface area (Å²) in [5.41, 5.74) is 2.75. The Hall–Kier alpha value is -0.870. The Morgan fingerprint density at radius 1 is 1.53 bits per heavy atom. The number of hydrogen-bond acceptors (Lipinski definition) is 3. The van der Waals surface area contributed by atoms with E-state index in [0.717, 1.165) is 39.0 Å². The lowest BCUT2D eigenvalue weighted by Crippen LogP contribution is -2.40. The first kappa shape index (κ1) is 14.5. The van der Waals surface area contributed by atoms with Gasteiger partial charge in [0.05, 0.1) is 12.3 Å². The molecule has 2 rings (SSSR count). The van der Waals surface area contributed by atoms with Gasteiger partial charge in [-0.05, 0) is 25.3 Å². The molecule has 1 aliphatic rings. The lowest BCUT2D eigenvalue weighted by Gasteiger charge is -2.28. The second-order valence-electron chi connectivity index (χ2n) is 6.12. The molecule has 108 valence electrons. The van der Waals surface area contributed by atoms with E-state index in [2.05, 4.69) is 37.3 Å². The van der Waals surface area contributed by atoms with Crippen LogP contribution in [0.4, 0.5) is 0 Å². The van der Waals surface area contributed by atoms with Crippen molar-refractivity contribution in [3.63, 3.8) is 0 Å². The third kappa shape index (κ3) is 3.57. The number of aryl methyl sites for hydroxylation is 2. The standard InChI is InChI=1S/C15H27N3O/c1-5-13-8-14(18(4)17-13)9-15(6-7-19-11-15)10-16-12(2)3/h8,12,16H,5-7,9-11H2,1-4H3. The van der Waals surface area contributed by atoms with Crippen molar-refractivity contribution in [1.82, 2.24) is 15.1 Å². The molecular weight excluding hydrogens is 238 g/mol. The van der Waals surface area contributed by atoms with E-state index >= 15 is 0 Å². The normalized spacial score (nSPS) is 23.4. The topological polar surface area (TPSA) is 39.1 Å². The van der Waals surface area contributed by atoms with Crippen LogP contribution < -0.4 is 5.32 Å². The molecule has 1 fully saturated rings. The molecule has 1 saturated heterocycles. The molecule has 4 nitrogen and oxygen atoms in total. The first-order chi connectivity index (χ1) is 9.04. The van der Waals surface area contributed by atoms with Crippen molar-refractivity contribution < 1.29 is 4.74 Å². The lowest BCUT2D eigenvalue weighted by molar-refractivity contribution is 0.146. The summed E-state index contributed by atoms with van der Waals surface area (Å²) >= 11 is 0. The summed E-state index contributed by atoms with van der Waals surface area (Å²) in [6, 6.07) is 2.77. The lowest BCUT2D eigenvalue weighted by atomic mass is 9.82. The summed E-state index contributed by atoms with van der Waals surface area (Å²) in [4.78, 5) is 0. The van der Waals surface area contributed by atoms with Gasteiger partial charge in [0.1, 0.15) is 0 Å². The number of nitrogens with one attached hydrogen (secondary N) is 1. The highest BCUT2D eigenvalue weighted by Gasteiger charge is 2.35. The molecule has 2 heterocycles. The maximum atomic E-state index is 5.67. The number of ether oxygens (including phenoxy) is 1. The van der Waals surface area contributed by atoms with Crippen molar-refractivity contribution in [2.75, 3.05) is 19.8 Å². The second kappa shape index (κ2) is 6.06. The van der Waals surface area contributed by atoms with E-state index in [4.69, 9.17) is 4.74 Å². The van der Waals surface area contributed by atoms with Crippen LogP contribution in [-0.4, -0.2) is 35.6 Å². The van der Waals surface area contributed by atoms with Crippen LogP contribution in [0.5, 0.6) is 0 Å². The summed E-state index contributed by atoms with van der Waals surface area (Å²) in [6.07, 6.45) is 3.19. The zero-order chi connectivity index (χ0) is 13.9. The molecule has 19 heavy (non-hydrogen) atoms. The summed E-state index contributed by atoms with van der Waals surface area (Å²) in [6.45, 7) is 9.32. The van der Waals surface area contributed by atoms with Crippen molar-refractivity contribution in [3.05, 3.63) is 17.5 Å². The molecular formula is C15H27N3O. The Morgan fingerprint density at radius 2 is 2.32 bits per heavy atom. The van der Waals surface area contributed by atoms with E-state index in [9.17, 15) is 0 Å². The minimum absolute atomic E-state index is 0.239. The minimum Gasteiger partial charge on any atom is -0.381 e. The van der Waals surface area contributed by atoms with Crippen LogP contribution in [0, 0.1) is 5.41 Å². The van der Waals surface area contributed by atoms with E-state index in [0.29, 0.717) is 6.04 Å². The summed E-state index contributed by atoms with van der Waals surface area (Å²) in [5, 5.41) is 8.13. The zero-order valence-corrected chi connectivity index (χ0v) is 12.7. The van der Waals surface area contributed by atoms with Crippen LogP contribution >= 0.6 is 0 Å². The highest BCUT2D eigenvalue weighted by Crippen LogP contribution is 2.32. The molecule has 1 unspecified atom stereocenters. The van der Waals surface area contributed by atoms with Crippen LogP contribution in [0.25, 0.3) is 0 Å². The molecule has 1 N–H and O–H groups in total. The van der Waals surface area contributed by atoms with Gasteiger partial charge in [-0.3, -0.25) is 4.68 Å². The predicted molar refractivity (Wildman–Crippen MR) is 77.3 cm³/mol. The third-order valence-electron chi connectivity index (χ3n) is 4.02. The number of nitrogens with zero attached hydrogens (tertiary/aromatic N) is 2. The van der Waals surface area contributed by atoms with Crippen LogP contribution in [0.15, 0.2) is 6.07 Å². The van der Waals surface area contributed by atoms with E-state index < -0.39 is 0 Å². The Kier molecular flexibility index (Phi) is 4.63. The summed E-state index contributed by atoms with van der Waals surface area (Å²) < 4.78 is 7.70. The van der Waals surface area contributed by atoms with Crippen LogP contribution in [-0.2, 0) is 24.6 Å². The molecule has 1 aliphatic heterocycles. The molecule has 0 saturated carbocycles. The van der Waals surface area contributed by atoms with Gasteiger partial charge < -0.3 is 10.1 Å². The first-order valence-electron chi connectivity index (χ1n) is 7.37. The van der Waals surface area contributed by atoms with E-state index in [-0.39, 0.29) is 5.41 Å². The van der Waals surface area contributed by atoms with E-state index in [1.807, 2.05) is 11.7 Å². The van der Waals surface area contributed by atoms with Crippen LogP contribution in [0.3, 0.4) is 0 Å². The van der Waals surface area contributed by atoms with Gasteiger partial charge in [0.25, 0.3) is 0 Å². The summed E-state index contributed by atoms with van der Waals surface area (Å²) in [5.74, 6) is 0. The maximum Gasteiger partial charge on any atom is 0.0624 e. The molecule has 1 aromatic heterocycles. The molecule has 0 amide bonds. The molecule has 0 aromatic carbocycles. The first-order valence-corrected chi connectivity index (χ1v) is 7.37. The van der Waals surface area contributed by atoms with Gasteiger partial charge in [0, 0.05) is 37.4 Å². The Bertz CT molecular complexity index is 406. The molecule has 0 radical (unpaired) electrons. The van der Waals surface area contributed by atoms with Crippen molar-refractivity contribution in [1.29, 1.82) is 0 Å². The Balaban J connectivity index is 2.09. The van der Waals surface area contributed by atoms with E-state index in [1.165, 1.54) is 11.4 Å². The fourth-order valence-electron chi connectivity index (χ4n) is 2.71. The fourth-order valence-corrected chi connectivity index (χ4v) is 2.71. The van der Waals surface area contributed by atoms with Crippen LogP contribution in [0.2, 0.25) is 0 Å². The van der Waals surface area contributed by atoms with Gasteiger partial charge in [-0.2, -0.15) is 5.10 Å². The largest absolute Gasteiger partial charge is 0.381 e.